The molecule has 0 spiro atoms. The highest BCUT2D eigenvalue weighted by atomic mass is 16.2. The lowest BCUT2D eigenvalue weighted by molar-refractivity contribution is 0.0220. The average molecular weight is 419 g/mol. The highest BCUT2D eigenvalue weighted by Crippen LogP contribution is 2.50. The Hall–Kier alpha value is -1.97. The number of hydrogen-bond donors (Lipinski definition) is 1. The molecule has 2 aliphatic carbocycles. The Morgan fingerprint density at radius 2 is 1.20 bits per heavy atom. The lowest BCUT2D eigenvalue weighted by Crippen LogP contribution is -2.52. The molecule has 4 unspecified atom stereocenters. The van der Waals surface area contributed by atoms with Gasteiger partial charge in [-0.25, -0.2) is 24.4 Å². The summed E-state index contributed by atoms with van der Waals surface area (Å²) in [5.41, 5.74) is 5.47. The first kappa shape index (κ1) is 24.3. The summed E-state index contributed by atoms with van der Waals surface area (Å²) in [7, 11) is 0. The molecule has 2 fully saturated rings. The number of nitrogens with zero attached hydrogens (tertiary/aromatic N) is 3. The number of urea groups is 1. The van der Waals surface area contributed by atoms with Gasteiger partial charge in [0, 0.05) is 13.1 Å². The van der Waals surface area contributed by atoms with E-state index in [1.807, 2.05) is 0 Å². The molecule has 0 radical (unpaired) electrons. The van der Waals surface area contributed by atoms with Crippen LogP contribution in [0, 0.1) is 21.7 Å². The van der Waals surface area contributed by atoms with Crippen molar-refractivity contribution in [2.45, 2.75) is 92.2 Å². The minimum absolute atomic E-state index is 0.0157. The van der Waals surface area contributed by atoms with Crippen LogP contribution in [0.4, 0.5) is 4.79 Å². The first-order valence-corrected chi connectivity index (χ1v) is 10.9. The van der Waals surface area contributed by atoms with E-state index in [2.05, 4.69) is 51.5 Å². The molecule has 0 aromatic rings. The standard InChI is InChI=1S/C23H38N4O3/c1-20(2)7-17(25-15-28)9-22(5,11-20)13-27(19(24)30)14-23(6)10-18(26-16-29)8-21(3,4)12-23/h17-18H,7-14H2,1-6H3,(H2,24,30). The molecule has 0 aromatic carbocycles. The van der Waals surface area contributed by atoms with Gasteiger partial charge in [0.2, 0.25) is 12.2 Å². The SMILES string of the molecule is CC1(C)CC(N=C=O)CC(C)(CN(CC2(C)CC(N=C=O)CC(C)(C)C2)C(N)=O)C1. The van der Waals surface area contributed by atoms with Gasteiger partial charge in [0.05, 0.1) is 12.1 Å². The fraction of sp³-hybridized carbons (Fsp3) is 0.870. The minimum atomic E-state index is -0.435. The number of amides is 2. The third-order valence-electron chi connectivity index (χ3n) is 6.77. The van der Waals surface area contributed by atoms with E-state index in [1.165, 1.54) is 0 Å². The summed E-state index contributed by atoms with van der Waals surface area (Å²) in [6.45, 7) is 14.1. The second kappa shape index (κ2) is 8.64. The van der Waals surface area contributed by atoms with Crippen LogP contribution < -0.4 is 5.73 Å². The molecule has 2 rings (SSSR count). The molecule has 2 aliphatic rings. The van der Waals surface area contributed by atoms with Gasteiger partial charge in [-0.15, -0.1) is 0 Å². The lowest BCUT2D eigenvalue weighted by Gasteiger charge is -2.50. The Bertz CT molecular complexity index is 696. The maximum atomic E-state index is 12.4. The van der Waals surface area contributed by atoms with Gasteiger partial charge in [0.1, 0.15) is 0 Å². The van der Waals surface area contributed by atoms with Crippen molar-refractivity contribution in [3.63, 3.8) is 0 Å². The second-order valence-corrected chi connectivity index (χ2v) is 12.1. The highest BCUT2D eigenvalue weighted by Gasteiger charge is 2.46. The van der Waals surface area contributed by atoms with Gasteiger partial charge in [-0.3, -0.25) is 0 Å². The van der Waals surface area contributed by atoms with Crippen molar-refractivity contribution in [1.82, 2.24) is 4.90 Å². The zero-order valence-corrected chi connectivity index (χ0v) is 19.5. The number of rotatable bonds is 6. The molecule has 2 N–H and O–H groups in total. The minimum Gasteiger partial charge on any atom is -0.351 e. The van der Waals surface area contributed by atoms with Crippen molar-refractivity contribution in [2.75, 3.05) is 13.1 Å². The van der Waals surface area contributed by atoms with Gasteiger partial charge in [0.25, 0.3) is 0 Å². The van der Waals surface area contributed by atoms with Crippen molar-refractivity contribution in [3.05, 3.63) is 0 Å². The van der Waals surface area contributed by atoms with Crippen LogP contribution in [0.1, 0.15) is 80.1 Å². The summed E-state index contributed by atoms with van der Waals surface area (Å²) in [6, 6.07) is -0.599. The third kappa shape index (κ3) is 6.52. The predicted molar refractivity (Wildman–Crippen MR) is 116 cm³/mol. The first-order chi connectivity index (χ1) is 13.7. The summed E-state index contributed by atoms with van der Waals surface area (Å²) < 4.78 is 0. The molecule has 0 saturated heterocycles. The molecule has 2 amide bonds. The number of carbonyl (C=O) groups excluding carboxylic acids is 3. The van der Waals surface area contributed by atoms with Gasteiger partial charge >= 0.3 is 6.03 Å². The summed E-state index contributed by atoms with van der Waals surface area (Å²) in [5.74, 6) is 0. The summed E-state index contributed by atoms with van der Waals surface area (Å²) in [4.78, 5) is 44.0. The van der Waals surface area contributed by atoms with Crippen molar-refractivity contribution in [2.24, 2.45) is 37.4 Å². The summed E-state index contributed by atoms with van der Waals surface area (Å²) in [6.07, 6.45) is 8.42. The second-order valence-electron chi connectivity index (χ2n) is 12.1. The van der Waals surface area contributed by atoms with Gasteiger partial charge in [-0.2, -0.15) is 0 Å². The van der Waals surface area contributed by atoms with Crippen molar-refractivity contribution >= 4 is 18.2 Å². The molecule has 0 aromatic heterocycles. The Kier molecular flexibility index (Phi) is 7.00. The van der Waals surface area contributed by atoms with Gasteiger partial charge < -0.3 is 10.6 Å². The van der Waals surface area contributed by atoms with Crippen LogP contribution in [-0.4, -0.2) is 48.3 Å². The van der Waals surface area contributed by atoms with E-state index in [0.29, 0.717) is 13.1 Å². The maximum Gasteiger partial charge on any atom is 0.314 e. The van der Waals surface area contributed by atoms with Gasteiger partial charge in [0.15, 0.2) is 0 Å². The molecule has 4 atom stereocenters. The highest BCUT2D eigenvalue weighted by molar-refractivity contribution is 5.72. The van der Waals surface area contributed by atoms with Crippen LogP contribution in [-0.2, 0) is 9.59 Å². The Labute approximate surface area is 180 Å². The molecule has 168 valence electrons. The van der Waals surface area contributed by atoms with Crippen molar-refractivity contribution in [1.29, 1.82) is 0 Å². The van der Waals surface area contributed by atoms with Crippen LogP contribution in [0.3, 0.4) is 0 Å². The van der Waals surface area contributed by atoms with Gasteiger partial charge in [-0.1, -0.05) is 41.5 Å². The predicted octanol–water partition coefficient (Wildman–Crippen LogP) is 4.21. The first-order valence-electron chi connectivity index (χ1n) is 10.9. The molecule has 0 aliphatic heterocycles. The quantitative estimate of drug-likeness (QED) is 0.516. The Morgan fingerprint density at radius 1 is 0.833 bits per heavy atom. The Morgan fingerprint density at radius 3 is 1.50 bits per heavy atom. The maximum absolute atomic E-state index is 12.4. The molecule has 7 heteroatoms. The van der Waals surface area contributed by atoms with E-state index >= 15 is 0 Å². The zero-order chi connectivity index (χ0) is 22.8. The fourth-order valence-electron chi connectivity index (χ4n) is 6.86. The average Bonchev–Trinajstić information content (AvgIpc) is 2.50. The Balaban J connectivity index is 2.23. The number of isocyanates is 2. The van der Waals surface area contributed by atoms with Crippen LogP contribution in [0.2, 0.25) is 0 Å². The zero-order valence-electron chi connectivity index (χ0n) is 19.5. The van der Waals surface area contributed by atoms with E-state index in [9.17, 15) is 14.4 Å². The van der Waals surface area contributed by atoms with Crippen molar-refractivity contribution < 1.29 is 14.4 Å². The monoisotopic (exact) mass is 418 g/mol. The molecule has 30 heavy (non-hydrogen) atoms. The number of aliphatic imine (C=N–C) groups is 2. The van der Waals surface area contributed by atoms with E-state index < -0.39 is 6.03 Å². The van der Waals surface area contributed by atoms with Crippen LogP contribution >= 0.6 is 0 Å². The number of hydrogen-bond acceptors (Lipinski definition) is 5. The van der Waals surface area contributed by atoms with E-state index in [4.69, 9.17) is 5.73 Å². The molecular formula is C23H38N4O3. The van der Waals surface area contributed by atoms with Crippen molar-refractivity contribution in [3.8, 4) is 0 Å². The van der Waals surface area contributed by atoms with E-state index in [0.717, 1.165) is 38.5 Å². The topological polar surface area (TPSA) is 105 Å². The normalized spacial score (nSPS) is 34.9. The number of primary amides is 1. The smallest absolute Gasteiger partial charge is 0.314 e. The van der Waals surface area contributed by atoms with Crippen LogP contribution in [0.5, 0.6) is 0 Å². The lowest BCUT2D eigenvalue weighted by atomic mass is 9.61. The summed E-state index contributed by atoms with van der Waals surface area (Å²) >= 11 is 0. The van der Waals surface area contributed by atoms with E-state index in [1.54, 1.807) is 17.1 Å². The summed E-state index contributed by atoms with van der Waals surface area (Å²) in [5, 5.41) is 0. The third-order valence-corrected chi connectivity index (χ3v) is 6.77. The fourth-order valence-corrected chi connectivity index (χ4v) is 6.86. The molecular weight excluding hydrogens is 380 g/mol. The number of carbonyl (C=O) groups is 1. The molecule has 2 saturated carbocycles. The molecule has 0 heterocycles. The van der Waals surface area contributed by atoms with Crippen LogP contribution in [0.15, 0.2) is 9.98 Å². The van der Waals surface area contributed by atoms with Gasteiger partial charge in [-0.05, 0) is 60.2 Å². The largest absolute Gasteiger partial charge is 0.351 e. The van der Waals surface area contributed by atoms with E-state index in [-0.39, 0.29) is 33.7 Å². The molecule has 7 nitrogen and oxygen atoms in total. The molecule has 0 bridgehead atoms. The van der Waals surface area contributed by atoms with Crippen LogP contribution in [0.25, 0.3) is 0 Å². The number of nitrogens with two attached hydrogens (primary N) is 1.